The minimum atomic E-state index is -0.467. The Labute approximate surface area is 149 Å². The van der Waals surface area contributed by atoms with Crippen molar-refractivity contribution in [1.29, 1.82) is 0 Å². The molecule has 0 atom stereocenters. The first-order valence-corrected chi connectivity index (χ1v) is 7.98. The molecule has 132 valence electrons. The predicted octanol–water partition coefficient (Wildman–Crippen LogP) is 2.64. The highest BCUT2D eigenvalue weighted by atomic mass is 19.1. The quantitative estimate of drug-likeness (QED) is 0.667. The molecule has 0 saturated carbocycles. The van der Waals surface area contributed by atoms with Gasteiger partial charge in [-0.2, -0.15) is 0 Å². The first kappa shape index (κ1) is 17.3. The van der Waals surface area contributed by atoms with Gasteiger partial charge in [-0.25, -0.2) is 4.39 Å². The molecule has 0 bridgehead atoms. The molecule has 3 rings (SSSR count). The van der Waals surface area contributed by atoms with E-state index in [-0.39, 0.29) is 36.0 Å². The average Bonchev–Trinajstić information content (AvgIpc) is 3.16. The van der Waals surface area contributed by atoms with Crippen LogP contribution in [0.4, 0.5) is 4.39 Å². The summed E-state index contributed by atoms with van der Waals surface area (Å²) in [6, 6.07) is 16.2. The Kier molecular flexibility index (Phi) is 5.38. The summed E-state index contributed by atoms with van der Waals surface area (Å²) < 4.78 is 18.8. The van der Waals surface area contributed by atoms with Crippen LogP contribution in [0.15, 0.2) is 65.2 Å². The molecule has 2 aromatic carbocycles. The third-order valence-electron chi connectivity index (χ3n) is 3.61. The molecule has 0 spiro atoms. The van der Waals surface area contributed by atoms with Crippen molar-refractivity contribution >= 4 is 11.8 Å². The number of nitrogens with one attached hydrogen (secondary N) is 2. The molecule has 0 aliphatic heterocycles. The maximum atomic E-state index is 13.7. The second kappa shape index (κ2) is 8.06. The number of rotatable bonds is 6. The zero-order valence-corrected chi connectivity index (χ0v) is 13.7. The molecule has 0 aliphatic carbocycles. The number of halogens is 1. The van der Waals surface area contributed by atoms with Gasteiger partial charge >= 0.3 is 0 Å². The minimum absolute atomic E-state index is 0.0395. The molecule has 0 saturated heterocycles. The SMILES string of the molecule is O=C(NCCNC(=O)c1cc(-c2ccccc2F)on1)c1ccccc1. The number of carbonyl (C=O) groups is 2. The van der Waals surface area contributed by atoms with Gasteiger partial charge in [0.25, 0.3) is 11.8 Å². The number of aromatic nitrogens is 1. The van der Waals surface area contributed by atoms with Crippen molar-refractivity contribution in [1.82, 2.24) is 15.8 Å². The third kappa shape index (κ3) is 4.13. The summed E-state index contributed by atoms with van der Waals surface area (Å²) >= 11 is 0. The second-order valence-electron chi connectivity index (χ2n) is 5.43. The summed E-state index contributed by atoms with van der Waals surface area (Å²) in [5.74, 6) is -0.974. The molecule has 1 heterocycles. The molecule has 26 heavy (non-hydrogen) atoms. The van der Waals surface area contributed by atoms with Gasteiger partial charge in [0.05, 0.1) is 5.56 Å². The summed E-state index contributed by atoms with van der Waals surface area (Å²) in [4.78, 5) is 23.9. The van der Waals surface area contributed by atoms with Crippen molar-refractivity contribution in [2.45, 2.75) is 0 Å². The zero-order chi connectivity index (χ0) is 18.4. The second-order valence-corrected chi connectivity index (χ2v) is 5.43. The fourth-order valence-electron chi connectivity index (χ4n) is 2.30. The molecule has 1 aromatic heterocycles. The van der Waals surface area contributed by atoms with E-state index in [1.54, 1.807) is 36.4 Å². The van der Waals surface area contributed by atoms with Crippen molar-refractivity contribution in [3.8, 4) is 11.3 Å². The van der Waals surface area contributed by atoms with Crippen LogP contribution < -0.4 is 10.6 Å². The van der Waals surface area contributed by atoms with E-state index in [1.807, 2.05) is 6.07 Å². The van der Waals surface area contributed by atoms with Gasteiger partial charge in [-0.05, 0) is 24.3 Å². The van der Waals surface area contributed by atoms with Crippen LogP contribution in [-0.2, 0) is 0 Å². The van der Waals surface area contributed by atoms with E-state index < -0.39 is 11.7 Å². The summed E-state index contributed by atoms with van der Waals surface area (Å²) in [6.45, 7) is 0.483. The van der Waals surface area contributed by atoms with Crippen molar-refractivity contribution in [2.75, 3.05) is 13.1 Å². The Balaban J connectivity index is 1.50. The molecule has 2 N–H and O–H groups in total. The molecule has 7 heteroatoms. The molecule has 2 amide bonds. The van der Waals surface area contributed by atoms with Crippen molar-refractivity contribution in [3.05, 3.63) is 77.7 Å². The minimum Gasteiger partial charge on any atom is -0.355 e. The van der Waals surface area contributed by atoms with Gasteiger partial charge in [-0.1, -0.05) is 35.5 Å². The average molecular weight is 353 g/mol. The third-order valence-corrected chi connectivity index (χ3v) is 3.61. The fourth-order valence-corrected chi connectivity index (χ4v) is 2.30. The maximum Gasteiger partial charge on any atom is 0.273 e. The lowest BCUT2D eigenvalue weighted by Crippen LogP contribution is -2.34. The Morgan fingerprint density at radius 3 is 2.31 bits per heavy atom. The van der Waals surface area contributed by atoms with E-state index in [4.69, 9.17) is 4.52 Å². The Hall–Kier alpha value is -3.48. The van der Waals surface area contributed by atoms with Gasteiger partial charge < -0.3 is 15.2 Å². The van der Waals surface area contributed by atoms with Crippen LogP contribution in [0, 0.1) is 5.82 Å². The number of nitrogens with zero attached hydrogens (tertiary/aromatic N) is 1. The standard InChI is InChI=1S/C19H16FN3O3/c20-15-9-5-4-8-14(15)17-12-16(23-26-17)19(25)22-11-10-21-18(24)13-6-2-1-3-7-13/h1-9,12H,10-11H2,(H,21,24)(H,22,25). The van der Waals surface area contributed by atoms with Crippen LogP contribution in [0.25, 0.3) is 11.3 Å². The maximum absolute atomic E-state index is 13.7. The molecule has 0 fully saturated rings. The number of carbonyl (C=O) groups excluding carboxylic acids is 2. The number of hydrogen-bond donors (Lipinski definition) is 2. The summed E-state index contributed by atoms with van der Waals surface area (Å²) in [5.41, 5.74) is 0.816. The predicted molar refractivity (Wildman–Crippen MR) is 93.0 cm³/mol. The molecule has 0 radical (unpaired) electrons. The van der Waals surface area contributed by atoms with E-state index in [0.29, 0.717) is 5.56 Å². The van der Waals surface area contributed by atoms with E-state index in [1.165, 1.54) is 18.2 Å². The van der Waals surface area contributed by atoms with Crippen LogP contribution >= 0.6 is 0 Å². The van der Waals surface area contributed by atoms with Gasteiger partial charge in [-0.3, -0.25) is 9.59 Å². The lowest BCUT2D eigenvalue weighted by Gasteiger charge is -2.05. The summed E-state index contributed by atoms with van der Waals surface area (Å²) in [5, 5.41) is 8.97. The van der Waals surface area contributed by atoms with E-state index in [9.17, 15) is 14.0 Å². The molecular weight excluding hydrogens is 337 g/mol. The number of amides is 2. The van der Waals surface area contributed by atoms with Gasteiger partial charge in [0.1, 0.15) is 5.82 Å². The summed E-state index contributed by atoms with van der Waals surface area (Å²) in [7, 11) is 0. The molecule has 6 nitrogen and oxygen atoms in total. The zero-order valence-electron chi connectivity index (χ0n) is 13.7. The van der Waals surface area contributed by atoms with Crippen LogP contribution in [0.5, 0.6) is 0 Å². The fraction of sp³-hybridized carbons (Fsp3) is 0.105. The monoisotopic (exact) mass is 353 g/mol. The Bertz CT molecular complexity index is 909. The highest BCUT2D eigenvalue weighted by Crippen LogP contribution is 2.23. The summed E-state index contributed by atoms with van der Waals surface area (Å²) in [6.07, 6.45) is 0. The number of benzene rings is 2. The van der Waals surface area contributed by atoms with Crippen LogP contribution in [-0.4, -0.2) is 30.1 Å². The lowest BCUT2D eigenvalue weighted by atomic mass is 10.1. The van der Waals surface area contributed by atoms with Gasteiger partial charge in [0, 0.05) is 24.7 Å². The van der Waals surface area contributed by atoms with Crippen LogP contribution in [0.1, 0.15) is 20.8 Å². The topological polar surface area (TPSA) is 84.2 Å². The molecule has 0 unspecified atom stereocenters. The van der Waals surface area contributed by atoms with Gasteiger partial charge in [0.15, 0.2) is 11.5 Å². The molecule has 0 aliphatic rings. The smallest absolute Gasteiger partial charge is 0.273 e. The molecule has 3 aromatic rings. The van der Waals surface area contributed by atoms with Crippen LogP contribution in [0.2, 0.25) is 0 Å². The first-order chi connectivity index (χ1) is 12.6. The normalized spacial score (nSPS) is 10.3. The van der Waals surface area contributed by atoms with Crippen LogP contribution in [0.3, 0.4) is 0 Å². The van der Waals surface area contributed by atoms with E-state index in [2.05, 4.69) is 15.8 Å². The van der Waals surface area contributed by atoms with Crippen molar-refractivity contribution in [3.63, 3.8) is 0 Å². The highest BCUT2D eigenvalue weighted by molar-refractivity contribution is 5.94. The highest BCUT2D eigenvalue weighted by Gasteiger charge is 2.15. The van der Waals surface area contributed by atoms with E-state index >= 15 is 0 Å². The molecular formula is C19H16FN3O3. The van der Waals surface area contributed by atoms with Gasteiger partial charge in [-0.15, -0.1) is 0 Å². The first-order valence-electron chi connectivity index (χ1n) is 7.98. The lowest BCUT2D eigenvalue weighted by molar-refractivity contribution is 0.0922. The van der Waals surface area contributed by atoms with Gasteiger partial charge in [0.2, 0.25) is 0 Å². The van der Waals surface area contributed by atoms with E-state index in [0.717, 1.165) is 0 Å². The number of hydrogen-bond acceptors (Lipinski definition) is 4. The largest absolute Gasteiger partial charge is 0.355 e. The Morgan fingerprint density at radius 2 is 1.58 bits per heavy atom. The van der Waals surface area contributed by atoms with Crippen molar-refractivity contribution in [2.24, 2.45) is 0 Å². The Morgan fingerprint density at radius 1 is 0.923 bits per heavy atom. The van der Waals surface area contributed by atoms with Crippen molar-refractivity contribution < 1.29 is 18.5 Å².